The summed E-state index contributed by atoms with van der Waals surface area (Å²) in [7, 11) is 0. The molecule has 1 aromatic rings. The minimum absolute atomic E-state index is 0.135. The highest BCUT2D eigenvalue weighted by Crippen LogP contribution is 2.07. The van der Waals surface area contributed by atoms with Gasteiger partial charge in [0.15, 0.2) is 0 Å². The second-order valence-corrected chi connectivity index (χ2v) is 3.83. The molecule has 18 heavy (non-hydrogen) atoms. The van der Waals surface area contributed by atoms with Crippen LogP contribution in [0.3, 0.4) is 0 Å². The Morgan fingerprint density at radius 2 is 1.72 bits per heavy atom. The van der Waals surface area contributed by atoms with E-state index in [1.807, 2.05) is 24.3 Å². The molecule has 0 aromatic heterocycles. The summed E-state index contributed by atoms with van der Waals surface area (Å²) >= 11 is 0. The molecule has 0 saturated carbocycles. The van der Waals surface area contributed by atoms with E-state index in [0.29, 0.717) is 19.4 Å². The van der Waals surface area contributed by atoms with Crippen LogP contribution in [0.2, 0.25) is 0 Å². The van der Waals surface area contributed by atoms with Gasteiger partial charge in [-0.15, -0.1) is 0 Å². The summed E-state index contributed by atoms with van der Waals surface area (Å²) in [6, 6.07) is 7.62. The van der Waals surface area contributed by atoms with Crippen LogP contribution in [0.1, 0.15) is 17.5 Å². The van der Waals surface area contributed by atoms with E-state index in [0.717, 1.165) is 17.2 Å². The Labute approximate surface area is 106 Å². The monoisotopic (exact) mass is 248 g/mol. The molecule has 4 nitrogen and oxygen atoms in total. The first-order valence-electron chi connectivity index (χ1n) is 5.70. The Kier molecular flexibility index (Phi) is 5.64. The highest BCUT2D eigenvalue weighted by Gasteiger charge is 2.00. The number of hydrogen-bond acceptors (Lipinski definition) is 3. The molecule has 96 valence electrons. The largest absolute Gasteiger partial charge is 0.481 e. The fourth-order valence-corrected chi connectivity index (χ4v) is 1.45. The average molecular weight is 248 g/mol. The zero-order chi connectivity index (χ0) is 13.4. The number of carbonyl (C=O) groups excluding carboxylic acids is 1. The lowest BCUT2D eigenvalue weighted by Crippen LogP contribution is -2.04. The van der Waals surface area contributed by atoms with Crippen molar-refractivity contribution in [2.45, 2.75) is 19.3 Å². The van der Waals surface area contributed by atoms with Crippen LogP contribution < -0.4 is 0 Å². The molecule has 0 spiro atoms. The van der Waals surface area contributed by atoms with Crippen molar-refractivity contribution in [3.8, 4) is 0 Å². The lowest BCUT2D eigenvalue weighted by atomic mass is 10.1. The van der Waals surface area contributed by atoms with Crippen LogP contribution in [0.15, 0.2) is 36.9 Å². The van der Waals surface area contributed by atoms with E-state index in [4.69, 9.17) is 9.84 Å². The number of rotatable bonds is 7. The van der Waals surface area contributed by atoms with Gasteiger partial charge in [0.05, 0.1) is 6.61 Å². The van der Waals surface area contributed by atoms with Gasteiger partial charge >= 0.3 is 11.9 Å². The summed E-state index contributed by atoms with van der Waals surface area (Å²) in [5, 5.41) is 8.56. The molecule has 4 heteroatoms. The highest BCUT2D eigenvalue weighted by molar-refractivity contribution is 5.81. The van der Waals surface area contributed by atoms with Crippen molar-refractivity contribution >= 4 is 11.9 Å². The first kappa shape index (κ1) is 14.0. The molecular formula is C14H16O4. The van der Waals surface area contributed by atoms with Gasteiger partial charge in [0.25, 0.3) is 0 Å². The van der Waals surface area contributed by atoms with Crippen LogP contribution >= 0.6 is 0 Å². The second kappa shape index (κ2) is 7.27. The summed E-state index contributed by atoms with van der Waals surface area (Å²) in [5.41, 5.74) is 2.04. The van der Waals surface area contributed by atoms with Gasteiger partial charge in [-0.3, -0.25) is 4.79 Å². The quantitative estimate of drug-likeness (QED) is 0.592. The van der Waals surface area contributed by atoms with Gasteiger partial charge < -0.3 is 9.84 Å². The Bertz CT molecular complexity index is 420. The molecule has 0 amide bonds. The Morgan fingerprint density at radius 1 is 1.17 bits per heavy atom. The third kappa shape index (κ3) is 5.30. The lowest BCUT2D eigenvalue weighted by Gasteiger charge is -2.04. The van der Waals surface area contributed by atoms with Crippen molar-refractivity contribution in [2.75, 3.05) is 6.61 Å². The Balaban J connectivity index is 2.38. The SMILES string of the molecule is C=CC(=O)OCCc1ccc(CCC(=O)O)cc1. The van der Waals surface area contributed by atoms with Gasteiger partial charge in [0.1, 0.15) is 0 Å². The molecule has 0 unspecified atom stereocenters. The molecule has 0 aliphatic carbocycles. The van der Waals surface area contributed by atoms with E-state index >= 15 is 0 Å². The van der Waals surface area contributed by atoms with Crippen LogP contribution in [0.5, 0.6) is 0 Å². The third-order valence-electron chi connectivity index (χ3n) is 2.45. The van der Waals surface area contributed by atoms with E-state index in [2.05, 4.69) is 6.58 Å². The maximum Gasteiger partial charge on any atom is 0.330 e. The summed E-state index contributed by atoms with van der Waals surface area (Å²) in [4.78, 5) is 21.2. The minimum atomic E-state index is -0.796. The zero-order valence-electron chi connectivity index (χ0n) is 10.1. The number of aryl methyl sites for hydroxylation is 1. The van der Waals surface area contributed by atoms with E-state index in [1.165, 1.54) is 0 Å². The van der Waals surface area contributed by atoms with Crippen LogP contribution in [-0.4, -0.2) is 23.7 Å². The van der Waals surface area contributed by atoms with Crippen LogP contribution in [0, 0.1) is 0 Å². The van der Waals surface area contributed by atoms with Gasteiger partial charge in [-0.1, -0.05) is 30.8 Å². The predicted molar refractivity (Wildman–Crippen MR) is 67.3 cm³/mol. The molecule has 0 bridgehead atoms. The van der Waals surface area contributed by atoms with Crippen molar-refractivity contribution in [1.82, 2.24) is 0 Å². The highest BCUT2D eigenvalue weighted by atomic mass is 16.5. The van der Waals surface area contributed by atoms with Crippen LogP contribution in [-0.2, 0) is 27.2 Å². The molecule has 0 atom stereocenters. The maximum atomic E-state index is 10.8. The molecular weight excluding hydrogens is 232 g/mol. The Morgan fingerprint density at radius 3 is 2.22 bits per heavy atom. The summed E-state index contributed by atoms with van der Waals surface area (Å²) < 4.78 is 4.87. The summed E-state index contributed by atoms with van der Waals surface area (Å²) in [6.07, 6.45) is 2.44. The van der Waals surface area contributed by atoms with Gasteiger partial charge in [0, 0.05) is 18.9 Å². The summed E-state index contributed by atoms with van der Waals surface area (Å²) in [5.74, 6) is -1.22. The predicted octanol–water partition coefficient (Wildman–Crippen LogP) is 1.98. The minimum Gasteiger partial charge on any atom is -0.481 e. The molecule has 1 N–H and O–H groups in total. The molecule has 0 radical (unpaired) electrons. The Hall–Kier alpha value is -2.10. The third-order valence-corrected chi connectivity index (χ3v) is 2.45. The van der Waals surface area contributed by atoms with Crippen molar-refractivity contribution in [3.63, 3.8) is 0 Å². The summed E-state index contributed by atoms with van der Waals surface area (Å²) in [6.45, 7) is 3.63. The van der Waals surface area contributed by atoms with Gasteiger partial charge in [-0.25, -0.2) is 4.79 Å². The van der Waals surface area contributed by atoms with E-state index < -0.39 is 11.9 Å². The number of esters is 1. The normalized spacial score (nSPS) is 9.78. The van der Waals surface area contributed by atoms with Crippen molar-refractivity contribution in [1.29, 1.82) is 0 Å². The van der Waals surface area contributed by atoms with Gasteiger partial charge in [-0.05, 0) is 17.5 Å². The van der Waals surface area contributed by atoms with Crippen LogP contribution in [0.4, 0.5) is 0 Å². The number of aliphatic carboxylic acids is 1. The number of carbonyl (C=O) groups is 2. The standard InChI is InChI=1S/C14H16O4/c1-2-14(17)18-10-9-12-5-3-11(4-6-12)7-8-13(15)16/h2-6H,1,7-10H2,(H,15,16). The first-order valence-corrected chi connectivity index (χ1v) is 5.70. The van der Waals surface area contributed by atoms with E-state index in [1.54, 1.807) is 0 Å². The fraction of sp³-hybridized carbons (Fsp3) is 0.286. The van der Waals surface area contributed by atoms with Gasteiger partial charge in [0.2, 0.25) is 0 Å². The molecule has 1 aromatic carbocycles. The fourth-order valence-electron chi connectivity index (χ4n) is 1.45. The molecule has 0 saturated heterocycles. The average Bonchev–Trinajstić information content (AvgIpc) is 2.37. The van der Waals surface area contributed by atoms with E-state index in [-0.39, 0.29) is 6.42 Å². The van der Waals surface area contributed by atoms with Gasteiger partial charge in [-0.2, -0.15) is 0 Å². The first-order chi connectivity index (χ1) is 8.61. The number of benzene rings is 1. The van der Waals surface area contributed by atoms with Crippen molar-refractivity contribution in [2.24, 2.45) is 0 Å². The van der Waals surface area contributed by atoms with Crippen molar-refractivity contribution < 1.29 is 19.4 Å². The topological polar surface area (TPSA) is 63.6 Å². The molecule has 0 heterocycles. The smallest absolute Gasteiger partial charge is 0.330 e. The lowest BCUT2D eigenvalue weighted by molar-refractivity contribution is -0.138. The van der Waals surface area contributed by atoms with Crippen LogP contribution in [0.25, 0.3) is 0 Å². The molecule has 0 aliphatic rings. The number of ether oxygens (including phenoxy) is 1. The number of carboxylic acid groups (broad SMARTS) is 1. The van der Waals surface area contributed by atoms with E-state index in [9.17, 15) is 9.59 Å². The molecule has 0 fully saturated rings. The molecule has 0 aliphatic heterocycles. The molecule has 1 rings (SSSR count). The van der Waals surface area contributed by atoms with Crippen molar-refractivity contribution in [3.05, 3.63) is 48.0 Å². The maximum absolute atomic E-state index is 10.8. The number of carboxylic acids is 1. The second-order valence-electron chi connectivity index (χ2n) is 3.83. The number of hydrogen-bond donors (Lipinski definition) is 1. The zero-order valence-corrected chi connectivity index (χ0v) is 10.1.